The van der Waals surface area contributed by atoms with Crippen LogP contribution in [0.4, 0.5) is 0 Å². The van der Waals surface area contributed by atoms with Gasteiger partial charge in [-0.05, 0) is 50.2 Å². The van der Waals surface area contributed by atoms with Gasteiger partial charge >= 0.3 is 13.5 Å². The van der Waals surface area contributed by atoms with E-state index in [4.69, 9.17) is 14.6 Å². The molecule has 0 radical (unpaired) electrons. The van der Waals surface area contributed by atoms with Gasteiger partial charge in [-0.1, -0.05) is 24.3 Å². The quantitative estimate of drug-likeness (QED) is 0.478. The highest BCUT2D eigenvalue weighted by molar-refractivity contribution is 7.64. The molecule has 3 rings (SSSR count). The minimum atomic E-state index is -3.96. The van der Waals surface area contributed by atoms with Crippen LogP contribution in [0, 0.1) is 5.92 Å². The van der Waals surface area contributed by atoms with E-state index in [9.17, 15) is 14.3 Å². The minimum Gasteiger partial charge on any atom is -0.481 e. The van der Waals surface area contributed by atoms with Crippen molar-refractivity contribution in [3.63, 3.8) is 0 Å². The number of carboxylic acid groups (broad SMARTS) is 1. The Morgan fingerprint density at radius 3 is 2.75 bits per heavy atom. The van der Waals surface area contributed by atoms with E-state index in [2.05, 4.69) is 12.2 Å². The van der Waals surface area contributed by atoms with E-state index < -0.39 is 20.1 Å². The van der Waals surface area contributed by atoms with Crippen LogP contribution in [0.1, 0.15) is 32.1 Å². The Labute approximate surface area is 165 Å². The van der Waals surface area contributed by atoms with Crippen LogP contribution in [0.3, 0.4) is 0 Å². The normalized spacial score (nSPS) is 24.2. The number of hydrogen-bond acceptors (Lipinski definition) is 4. The fraction of sp³-hybridized carbons (Fsp3) is 0.550. The number of ether oxygens (including phenoxy) is 2. The minimum absolute atomic E-state index is 0.0632. The molecule has 0 amide bonds. The third-order valence-corrected chi connectivity index (χ3v) is 7.29. The van der Waals surface area contributed by atoms with E-state index in [1.54, 1.807) is 22.9 Å². The molecule has 1 fully saturated rings. The first-order valence-corrected chi connectivity index (χ1v) is 11.4. The van der Waals surface area contributed by atoms with Crippen LogP contribution in [0.2, 0.25) is 0 Å². The predicted molar refractivity (Wildman–Crippen MR) is 106 cm³/mol. The van der Waals surface area contributed by atoms with Crippen LogP contribution in [0.5, 0.6) is 5.75 Å². The Balaban J connectivity index is 1.84. The van der Waals surface area contributed by atoms with Crippen molar-refractivity contribution in [2.24, 2.45) is 5.92 Å². The fourth-order valence-corrected chi connectivity index (χ4v) is 5.62. The summed E-state index contributed by atoms with van der Waals surface area (Å²) in [7, 11) is -3.96. The molecule has 0 saturated carbocycles. The molecule has 1 aromatic carbocycles. The summed E-state index contributed by atoms with van der Waals surface area (Å²) >= 11 is 0. The number of carbonyl (C=O) groups is 1. The van der Waals surface area contributed by atoms with Gasteiger partial charge in [0.25, 0.3) is 0 Å². The zero-order chi connectivity index (χ0) is 20.0. The predicted octanol–water partition coefficient (Wildman–Crippen LogP) is 2.80. The van der Waals surface area contributed by atoms with Crippen LogP contribution in [-0.2, 0) is 14.1 Å². The average Bonchev–Trinajstić information content (AvgIpc) is 3.20. The molecule has 0 aromatic heterocycles. The Hall–Kier alpha value is -1.66. The molecular formula is C20H28NO6P. The van der Waals surface area contributed by atoms with Gasteiger partial charge in [-0.3, -0.25) is 4.57 Å². The lowest BCUT2D eigenvalue weighted by atomic mass is 9.94. The third kappa shape index (κ3) is 5.45. The van der Waals surface area contributed by atoms with Gasteiger partial charge in [-0.2, -0.15) is 0 Å². The molecule has 1 aliphatic carbocycles. The van der Waals surface area contributed by atoms with E-state index in [1.807, 2.05) is 0 Å². The maximum Gasteiger partial charge on any atom is 0.341 e. The molecule has 2 aliphatic rings. The number of para-hydroxylation sites is 1. The van der Waals surface area contributed by atoms with E-state index in [0.717, 1.165) is 32.1 Å². The second-order valence-electron chi connectivity index (χ2n) is 7.35. The number of benzene rings is 1. The largest absolute Gasteiger partial charge is 0.481 e. The van der Waals surface area contributed by atoms with Gasteiger partial charge in [0.15, 0.2) is 6.61 Å². The van der Waals surface area contributed by atoms with Crippen molar-refractivity contribution in [3.8, 4) is 5.75 Å². The lowest BCUT2D eigenvalue weighted by molar-refractivity contribution is -0.139. The Morgan fingerprint density at radius 2 is 2.07 bits per heavy atom. The van der Waals surface area contributed by atoms with E-state index in [0.29, 0.717) is 25.6 Å². The summed E-state index contributed by atoms with van der Waals surface area (Å²) < 4.78 is 26.3. The highest BCUT2D eigenvalue weighted by Crippen LogP contribution is 2.48. The Morgan fingerprint density at radius 1 is 1.25 bits per heavy atom. The number of aliphatic carboxylic acids is 1. The molecular weight excluding hydrogens is 381 g/mol. The average molecular weight is 409 g/mol. The van der Waals surface area contributed by atoms with Crippen LogP contribution < -0.4 is 10.0 Å². The van der Waals surface area contributed by atoms with Crippen molar-refractivity contribution in [2.75, 3.05) is 26.3 Å². The second kappa shape index (κ2) is 9.70. The fourth-order valence-electron chi connectivity index (χ4n) is 3.75. The molecule has 154 valence electrons. The summed E-state index contributed by atoms with van der Waals surface area (Å²) in [6.45, 7) is 0.987. The zero-order valence-electron chi connectivity index (χ0n) is 15.9. The molecule has 7 nitrogen and oxygen atoms in total. The van der Waals surface area contributed by atoms with Gasteiger partial charge < -0.3 is 19.5 Å². The Kier molecular flexibility index (Phi) is 7.30. The van der Waals surface area contributed by atoms with Crippen molar-refractivity contribution in [1.82, 2.24) is 4.67 Å². The molecule has 0 spiro atoms. The molecule has 2 N–H and O–H groups in total. The molecule has 1 aromatic rings. The van der Waals surface area contributed by atoms with E-state index in [-0.39, 0.29) is 17.2 Å². The summed E-state index contributed by atoms with van der Waals surface area (Å²) in [6, 6.07) is 6.41. The summed E-state index contributed by atoms with van der Waals surface area (Å²) in [5.74, 6) is -0.691. The highest BCUT2D eigenvalue weighted by atomic mass is 31.2. The first-order chi connectivity index (χ1) is 13.5. The van der Waals surface area contributed by atoms with E-state index >= 15 is 0 Å². The summed E-state index contributed by atoms with van der Waals surface area (Å²) in [5, 5.41) is 9.03. The van der Waals surface area contributed by atoms with Crippen molar-refractivity contribution < 1.29 is 28.8 Å². The maximum absolute atomic E-state index is 13.6. The summed E-state index contributed by atoms with van der Waals surface area (Å²) in [5.41, 5.74) is 0. The molecule has 3 atom stereocenters. The van der Waals surface area contributed by atoms with Gasteiger partial charge in [-0.15, -0.1) is 0 Å². The molecule has 1 unspecified atom stereocenters. The van der Waals surface area contributed by atoms with Gasteiger partial charge in [-0.25, -0.2) is 9.46 Å². The van der Waals surface area contributed by atoms with Crippen molar-refractivity contribution in [1.29, 1.82) is 0 Å². The monoisotopic (exact) mass is 409 g/mol. The number of hydrogen-bond donors (Lipinski definition) is 2. The van der Waals surface area contributed by atoms with Crippen LogP contribution in [-0.4, -0.2) is 53.0 Å². The first-order valence-electron chi connectivity index (χ1n) is 9.76. The van der Waals surface area contributed by atoms with Crippen molar-refractivity contribution >= 4 is 18.8 Å². The summed E-state index contributed by atoms with van der Waals surface area (Å²) in [6.07, 6.45) is 8.89. The highest BCUT2D eigenvalue weighted by Gasteiger charge is 2.37. The number of nitrogens with zero attached hydrogens (tertiary/aromatic N) is 1. The smallest absolute Gasteiger partial charge is 0.341 e. The third-order valence-electron chi connectivity index (χ3n) is 5.20. The van der Waals surface area contributed by atoms with Crippen LogP contribution >= 0.6 is 7.52 Å². The molecule has 1 saturated heterocycles. The molecule has 1 aliphatic heterocycles. The lowest BCUT2D eigenvalue weighted by Gasteiger charge is -2.33. The second-order valence-corrected chi connectivity index (χ2v) is 9.49. The van der Waals surface area contributed by atoms with Crippen molar-refractivity contribution in [3.05, 3.63) is 36.4 Å². The summed E-state index contributed by atoms with van der Waals surface area (Å²) in [4.78, 5) is 22.0. The van der Waals surface area contributed by atoms with Crippen molar-refractivity contribution in [2.45, 2.75) is 38.2 Å². The number of allylic oxidation sites excluding steroid dienone is 2. The molecule has 28 heavy (non-hydrogen) atoms. The lowest BCUT2D eigenvalue weighted by Crippen LogP contribution is -2.37. The van der Waals surface area contributed by atoms with Gasteiger partial charge in [0.2, 0.25) is 0 Å². The number of rotatable bonds is 9. The van der Waals surface area contributed by atoms with Gasteiger partial charge in [0.1, 0.15) is 5.75 Å². The number of carboxylic acids is 1. The molecule has 0 bridgehead atoms. The Bertz CT molecular complexity index is 746. The molecule has 8 heteroatoms. The first kappa shape index (κ1) is 21.1. The van der Waals surface area contributed by atoms with Crippen LogP contribution in [0.25, 0.3) is 0 Å². The topological polar surface area (TPSA) is 96.3 Å². The zero-order valence-corrected chi connectivity index (χ0v) is 16.8. The SMILES string of the molecule is O=C(O)COc1ccccc1P(=O)(O)N(C[C@@H]1CC=CCC1)C[C@@H]1CCCO1. The van der Waals surface area contributed by atoms with Gasteiger partial charge in [0, 0.05) is 19.7 Å². The van der Waals surface area contributed by atoms with E-state index in [1.165, 1.54) is 6.07 Å². The molecule has 1 heterocycles. The maximum atomic E-state index is 13.6. The van der Waals surface area contributed by atoms with Gasteiger partial charge in [0.05, 0.1) is 11.4 Å². The standard InChI is InChI=1S/C20H28NO6P/c22-20(23)15-27-18-10-4-5-11-19(18)28(24,25)21(14-17-9-6-12-26-17)13-16-7-2-1-3-8-16/h1-2,4-5,10-11,16-17H,3,6-9,12-15H2,(H,22,23)(H,24,25)/t16-,17+/m1/s1. The van der Waals surface area contributed by atoms with Crippen LogP contribution in [0.15, 0.2) is 36.4 Å².